The SMILES string of the molecule is CC[C@H](C)C(=O)O[C@H]1[C@H](OC(C)=O)c2c(ccc3ccc(=O)oc23)OC1(C)C. The second-order valence-corrected chi connectivity index (χ2v) is 7.55. The first-order valence-corrected chi connectivity index (χ1v) is 9.27. The van der Waals surface area contributed by atoms with Gasteiger partial charge in [-0.25, -0.2) is 4.79 Å². The highest BCUT2D eigenvalue weighted by atomic mass is 16.6. The van der Waals surface area contributed by atoms with Crippen LogP contribution in [0.25, 0.3) is 11.0 Å². The molecule has 0 spiro atoms. The van der Waals surface area contributed by atoms with Crippen molar-refractivity contribution in [3.8, 4) is 5.75 Å². The van der Waals surface area contributed by atoms with E-state index in [9.17, 15) is 14.4 Å². The summed E-state index contributed by atoms with van der Waals surface area (Å²) in [4.78, 5) is 36.2. The molecule has 0 amide bonds. The maximum absolute atomic E-state index is 12.5. The van der Waals surface area contributed by atoms with Crippen LogP contribution in [-0.2, 0) is 19.1 Å². The zero-order chi connectivity index (χ0) is 20.6. The molecule has 1 aromatic heterocycles. The fraction of sp³-hybridized carbons (Fsp3) is 0.476. The number of fused-ring (bicyclic) bond motifs is 3. The largest absolute Gasteiger partial charge is 0.483 e. The summed E-state index contributed by atoms with van der Waals surface area (Å²) in [6.07, 6.45) is -1.28. The minimum atomic E-state index is -0.974. The zero-order valence-corrected chi connectivity index (χ0v) is 16.6. The topological polar surface area (TPSA) is 92.0 Å². The molecule has 0 aliphatic carbocycles. The number of benzene rings is 1. The normalized spacial score (nSPS) is 21.3. The minimum absolute atomic E-state index is 0.247. The molecule has 28 heavy (non-hydrogen) atoms. The van der Waals surface area contributed by atoms with Crippen LogP contribution >= 0.6 is 0 Å². The molecule has 0 fully saturated rings. The smallest absolute Gasteiger partial charge is 0.336 e. The van der Waals surface area contributed by atoms with E-state index in [-0.39, 0.29) is 11.5 Å². The van der Waals surface area contributed by atoms with E-state index in [1.165, 1.54) is 13.0 Å². The number of carbonyl (C=O) groups is 2. The molecule has 3 atom stereocenters. The number of hydrogen-bond acceptors (Lipinski definition) is 7. The van der Waals surface area contributed by atoms with Crippen molar-refractivity contribution in [1.82, 2.24) is 0 Å². The molecule has 1 aliphatic rings. The van der Waals surface area contributed by atoms with Crippen molar-refractivity contribution >= 4 is 22.9 Å². The van der Waals surface area contributed by atoms with Crippen LogP contribution in [-0.4, -0.2) is 23.6 Å². The first-order chi connectivity index (χ1) is 13.1. The summed E-state index contributed by atoms with van der Waals surface area (Å²) in [5.41, 5.74) is -0.887. The molecule has 0 N–H and O–H groups in total. The number of ether oxygens (including phenoxy) is 3. The predicted octanol–water partition coefficient (Wildman–Crippen LogP) is 3.53. The van der Waals surface area contributed by atoms with Crippen LogP contribution in [0.1, 0.15) is 52.7 Å². The Morgan fingerprint density at radius 3 is 2.50 bits per heavy atom. The van der Waals surface area contributed by atoms with Gasteiger partial charge in [0.05, 0.1) is 11.5 Å². The first kappa shape index (κ1) is 19.9. The summed E-state index contributed by atoms with van der Waals surface area (Å²) in [5, 5.41) is 0.644. The van der Waals surface area contributed by atoms with Gasteiger partial charge in [0, 0.05) is 18.4 Å². The fourth-order valence-corrected chi connectivity index (χ4v) is 3.26. The summed E-state index contributed by atoms with van der Waals surface area (Å²) in [6.45, 7) is 8.44. The van der Waals surface area contributed by atoms with E-state index in [2.05, 4.69) is 0 Å². The standard InChI is InChI=1S/C21H24O7/c1-6-11(2)20(24)27-19-18(25-12(3)22)16-14(28-21(19,4)5)9-7-13-8-10-15(23)26-17(13)16/h7-11,18-19H,6H2,1-5H3/t11-,18+,19-/m0/s1. The van der Waals surface area contributed by atoms with Crippen molar-refractivity contribution in [2.75, 3.05) is 0 Å². The Kier molecular flexibility index (Phi) is 5.19. The molecular formula is C21H24O7. The van der Waals surface area contributed by atoms with E-state index in [4.69, 9.17) is 18.6 Å². The maximum Gasteiger partial charge on any atom is 0.336 e. The van der Waals surface area contributed by atoms with E-state index in [0.29, 0.717) is 23.1 Å². The van der Waals surface area contributed by atoms with Gasteiger partial charge in [-0.1, -0.05) is 13.8 Å². The molecule has 2 heterocycles. The summed E-state index contributed by atoms with van der Waals surface area (Å²) in [5.74, 6) is -0.866. The summed E-state index contributed by atoms with van der Waals surface area (Å²) >= 11 is 0. The first-order valence-electron chi connectivity index (χ1n) is 9.27. The van der Waals surface area contributed by atoms with Gasteiger partial charge < -0.3 is 18.6 Å². The van der Waals surface area contributed by atoms with E-state index in [1.807, 2.05) is 6.92 Å². The van der Waals surface area contributed by atoms with Crippen LogP contribution in [0.15, 0.2) is 33.5 Å². The minimum Gasteiger partial charge on any atom is -0.483 e. The van der Waals surface area contributed by atoms with Gasteiger partial charge in [-0.15, -0.1) is 0 Å². The van der Waals surface area contributed by atoms with E-state index < -0.39 is 35.4 Å². The van der Waals surface area contributed by atoms with Crippen molar-refractivity contribution < 1.29 is 28.2 Å². The average molecular weight is 388 g/mol. The van der Waals surface area contributed by atoms with Gasteiger partial charge in [-0.2, -0.15) is 0 Å². The van der Waals surface area contributed by atoms with Crippen LogP contribution in [0.5, 0.6) is 5.75 Å². The lowest BCUT2D eigenvalue weighted by Crippen LogP contribution is -2.52. The van der Waals surface area contributed by atoms with Crippen molar-refractivity contribution in [3.63, 3.8) is 0 Å². The summed E-state index contributed by atoms with van der Waals surface area (Å²) < 4.78 is 22.8. The Bertz CT molecular complexity index is 972. The van der Waals surface area contributed by atoms with E-state index in [0.717, 1.165) is 0 Å². The number of carbonyl (C=O) groups excluding carboxylic acids is 2. The van der Waals surface area contributed by atoms with Crippen LogP contribution in [0.4, 0.5) is 0 Å². The number of hydrogen-bond donors (Lipinski definition) is 0. The van der Waals surface area contributed by atoms with Crippen molar-refractivity contribution in [2.24, 2.45) is 5.92 Å². The molecule has 3 rings (SSSR count). The van der Waals surface area contributed by atoms with Gasteiger partial charge in [-0.3, -0.25) is 9.59 Å². The van der Waals surface area contributed by atoms with Crippen LogP contribution in [0.2, 0.25) is 0 Å². The summed E-state index contributed by atoms with van der Waals surface area (Å²) in [6, 6.07) is 6.40. The monoisotopic (exact) mass is 388 g/mol. The van der Waals surface area contributed by atoms with Crippen LogP contribution in [0.3, 0.4) is 0 Å². The van der Waals surface area contributed by atoms with Gasteiger partial charge in [0.25, 0.3) is 0 Å². The van der Waals surface area contributed by atoms with Crippen molar-refractivity contribution in [1.29, 1.82) is 0 Å². The molecule has 0 radical (unpaired) electrons. The molecule has 0 bridgehead atoms. The fourth-order valence-electron chi connectivity index (χ4n) is 3.26. The lowest BCUT2D eigenvalue weighted by Gasteiger charge is -2.43. The van der Waals surface area contributed by atoms with Gasteiger partial charge in [0.1, 0.15) is 16.9 Å². The molecule has 7 heteroatoms. The lowest BCUT2D eigenvalue weighted by atomic mass is 9.87. The van der Waals surface area contributed by atoms with Crippen LogP contribution in [0, 0.1) is 5.92 Å². The van der Waals surface area contributed by atoms with Gasteiger partial charge in [-0.05, 0) is 38.5 Å². The highest BCUT2D eigenvalue weighted by Crippen LogP contribution is 2.46. The molecule has 0 saturated heterocycles. The molecule has 1 aromatic carbocycles. The van der Waals surface area contributed by atoms with Crippen molar-refractivity contribution in [3.05, 3.63) is 40.2 Å². The maximum atomic E-state index is 12.5. The van der Waals surface area contributed by atoms with Crippen molar-refractivity contribution in [2.45, 2.75) is 58.8 Å². The molecule has 0 saturated carbocycles. The number of rotatable bonds is 4. The third-order valence-electron chi connectivity index (χ3n) is 4.96. The average Bonchev–Trinajstić information content (AvgIpc) is 2.62. The zero-order valence-electron chi connectivity index (χ0n) is 16.6. The molecule has 0 unspecified atom stereocenters. The highest BCUT2D eigenvalue weighted by molar-refractivity contribution is 5.83. The van der Waals surface area contributed by atoms with E-state index >= 15 is 0 Å². The number of esters is 2. The van der Waals surface area contributed by atoms with Gasteiger partial charge in [0.15, 0.2) is 12.2 Å². The van der Waals surface area contributed by atoms with E-state index in [1.54, 1.807) is 39.0 Å². The Morgan fingerprint density at radius 1 is 1.18 bits per heavy atom. The Hall–Kier alpha value is -2.83. The quantitative estimate of drug-likeness (QED) is 0.584. The lowest BCUT2D eigenvalue weighted by molar-refractivity contribution is -0.192. The molecular weight excluding hydrogens is 364 g/mol. The Labute approximate surface area is 162 Å². The molecule has 2 aromatic rings. The third kappa shape index (κ3) is 3.61. The van der Waals surface area contributed by atoms with Gasteiger partial charge >= 0.3 is 17.6 Å². The molecule has 7 nitrogen and oxygen atoms in total. The third-order valence-corrected chi connectivity index (χ3v) is 4.96. The van der Waals surface area contributed by atoms with Gasteiger partial charge in [0.2, 0.25) is 0 Å². The predicted molar refractivity (Wildman–Crippen MR) is 101 cm³/mol. The highest BCUT2D eigenvalue weighted by Gasteiger charge is 2.50. The molecule has 1 aliphatic heterocycles. The van der Waals surface area contributed by atoms with Crippen LogP contribution < -0.4 is 10.4 Å². The Balaban J connectivity index is 2.19. The Morgan fingerprint density at radius 2 is 1.86 bits per heavy atom. The second kappa shape index (κ2) is 7.30. The summed E-state index contributed by atoms with van der Waals surface area (Å²) in [7, 11) is 0. The molecule has 150 valence electrons. The second-order valence-electron chi connectivity index (χ2n) is 7.55.